The average molecular weight is 736 g/mol. The van der Waals surface area contributed by atoms with Gasteiger partial charge in [-0.25, -0.2) is 0 Å². The molecule has 1 heterocycles. The van der Waals surface area contributed by atoms with E-state index >= 15 is 0 Å². The molecule has 8 rings (SSSR count). The van der Waals surface area contributed by atoms with E-state index in [2.05, 4.69) is 153 Å². The summed E-state index contributed by atoms with van der Waals surface area (Å²) in [5.41, 5.74) is 18.6. The molecule has 0 fully saturated rings. The number of rotatable bonds is 4. The van der Waals surface area contributed by atoms with E-state index in [0.717, 1.165) is 17.6 Å². The topological polar surface area (TPSA) is 37.4 Å². The number of anilines is 2. The number of carbonyl (C=O) groups excluding carboxylic acids is 2. The molecule has 56 heavy (non-hydrogen) atoms. The molecule has 3 nitrogen and oxygen atoms in total. The molecule has 0 N–H and O–H groups in total. The zero-order chi connectivity index (χ0) is 40.1. The van der Waals surface area contributed by atoms with E-state index < -0.39 is 5.41 Å². The fourth-order valence-electron chi connectivity index (χ4n) is 9.68. The number of nitrogens with zero attached hydrogens (tertiary/aromatic N) is 1. The number of aryl methyl sites for hydroxylation is 3. The predicted molar refractivity (Wildman–Crippen MR) is 233 cm³/mol. The molecule has 0 atom stereocenters. The second kappa shape index (κ2) is 13.0. The number of carbonyl (C=O) groups is 2. The molecule has 282 valence electrons. The molecule has 1 spiro atoms. The van der Waals surface area contributed by atoms with Gasteiger partial charge in [0.2, 0.25) is 0 Å². The lowest BCUT2D eigenvalue weighted by Crippen LogP contribution is -2.39. The van der Waals surface area contributed by atoms with Gasteiger partial charge in [0.15, 0.2) is 11.6 Å². The van der Waals surface area contributed by atoms with Crippen molar-refractivity contribution in [2.75, 3.05) is 4.90 Å². The molecule has 0 saturated carbocycles. The molecule has 2 aliphatic carbocycles. The summed E-state index contributed by atoms with van der Waals surface area (Å²) in [5, 5.41) is 0. The van der Waals surface area contributed by atoms with Gasteiger partial charge in [0.05, 0.1) is 22.4 Å². The van der Waals surface area contributed by atoms with Crippen LogP contribution in [-0.2, 0) is 16.2 Å². The largest absolute Gasteiger partial charge is 0.313 e. The van der Waals surface area contributed by atoms with Gasteiger partial charge in [0.1, 0.15) is 0 Å². The molecule has 0 aromatic heterocycles. The van der Waals surface area contributed by atoms with Crippen LogP contribution in [0.4, 0.5) is 11.4 Å². The summed E-state index contributed by atoms with van der Waals surface area (Å²) >= 11 is 0. The molecule has 0 bridgehead atoms. The lowest BCUT2D eigenvalue weighted by atomic mass is 9.63. The SMILES string of the molecule is CCC1=C(/C=C(\C)C=C2C(=O)c3ccccc3C2=O)C2(c3ccc(C(C)(C)C)cc3-c3cc(C(C)(C)C)ccc32)c2ccccc2N1c1c(C)cc(C)cc1C. The molecule has 0 unspecified atom stereocenters. The van der Waals surface area contributed by atoms with Gasteiger partial charge in [-0.05, 0) is 118 Å². The number of ketones is 2. The van der Waals surface area contributed by atoms with Crippen molar-refractivity contribution < 1.29 is 9.59 Å². The Hall–Kier alpha value is -5.54. The van der Waals surface area contributed by atoms with Crippen molar-refractivity contribution in [3.05, 3.63) is 187 Å². The minimum absolute atomic E-state index is 0.0395. The van der Waals surface area contributed by atoms with Gasteiger partial charge in [0.25, 0.3) is 0 Å². The second-order valence-electron chi connectivity index (χ2n) is 18.2. The fourth-order valence-corrected chi connectivity index (χ4v) is 9.68. The van der Waals surface area contributed by atoms with Crippen molar-refractivity contribution in [1.29, 1.82) is 0 Å². The van der Waals surface area contributed by atoms with Crippen LogP contribution in [0.5, 0.6) is 0 Å². The quantitative estimate of drug-likeness (QED) is 0.136. The van der Waals surface area contributed by atoms with Crippen LogP contribution >= 0.6 is 0 Å². The number of allylic oxidation sites excluding steroid dienone is 6. The van der Waals surface area contributed by atoms with E-state index in [4.69, 9.17) is 0 Å². The third-order valence-electron chi connectivity index (χ3n) is 12.2. The summed E-state index contributed by atoms with van der Waals surface area (Å²) < 4.78 is 0. The highest BCUT2D eigenvalue weighted by molar-refractivity contribution is 6.39. The van der Waals surface area contributed by atoms with Gasteiger partial charge in [-0.3, -0.25) is 9.59 Å². The molecule has 0 amide bonds. The first kappa shape index (κ1) is 37.4. The Morgan fingerprint density at radius 2 is 1.14 bits per heavy atom. The van der Waals surface area contributed by atoms with E-state index in [9.17, 15) is 9.59 Å². The number of benzene rings is 5. The maximum Gasteiger partial charge on any atom is 0.197 e. The number of para-hydroxylation sites is 1. The third kappa shape index (κ3) is 5.53. The minimum atomic E-state index is -0.672. The molecule has 5 aromatic rings. The molecule has 3 heteroatoms. The number of hydrogen-bond acceptors (Lipinski definition) is 3. The van der Waals surface area contributed by atoms with E-state index in [1.807, 2.05) is 25.1 Å². The minimum Gasteiger partial charge on any atom is -0.313 e. The zero-order valence-electron chi connectivity index (χ0n) is 34.9. The maximum absolute atomic E-state index is 13.7. The third-order valence-corrected chi connectivity index (χ3v) is 12.2. The summed E-state index contributed by atoms with van der Waals surface area (Å²) in [6.07, 6.45) is 4.87. The summed E-state index contributed by atoms with van der Waals surface area (Å²) in [7, 11) is 0. The van der Waals surface area contributed by atoms with Crippen LogP contribution in [-0.4, -0.2) is 11.6 Å². The monoisotopic (exact) mass is 735 g/mol. The lowest BCUT2D eigenvalue weighted by Gasteiger charge is -2.47. The van der Waals surface area contributed by atoms with Gasteiger partial charge in [-0.1, -0.05) is 151 Å². The Morgan fingerprint density at radius 3 is 1.64 bits per heavy atom. The van der Waals surface area contributed by atoms with Gasteiger partial charge >= 0.3 is 0 Å². The van der Waals surface area contributed by atoms with Crippen LogP contribution in [0.1, 0.15) is 127 Å². The molecular formula is C53H53NO2. The first-order valence-corrected chi connectivity index (χ1v) is 20.1. The molecule has 1 aliphatic heterocycles. The second-order valence-corrected chi connectivity index (χ2v) is 18.2. The van der Waals surface area contributed by atoms with Crippen LogP contribution in [0.2, 0.25) is 0 Å². The smallest absolute Gasteiger partial charge is 0.197 e. The van der Waals surface area contributed by atoms with Crippen LogP contribution in [0, 0.1) is 20.8 Å². The summed E-state index contributed by atoms with van der Waals surface area (Å²) in [4.78, 5) is 30.0. The predicted octanol–water partition coefficient (Wildman–Crippen LogP) is 13.3. The van der Waals surface area contributed by atoms with Gasteiger partial charge < -0.3 is 4.90 Å². The summed E-state index contributed by atoms with van der Waals surface area (Å²) in [5.74, 6) is -0.416. The Bertz CT molecular complexity index is 2490. The Morgan fingerprint density at radius 1 is 0.643 bits per heavy atom. The van der Waals surface area contributed by atoms with Crippen molar-refractivity contribution in [1.82, 2.24) is 0 Å². The zero-order valence-corrected chi connectivity index (χ0v) is 34.9. The van der Waals surface area contributed by atoms with Crippen molar-refractivity contribution in [2.24, 2.45) is 0 Å². The first-order chi connectivity index (χ1) is 26.5. The van der Waals surface area contributed by atoms with Crippen molar-refractivity contribution in [3.8, 4) is 11.1 Å². The van der Waals surface area contributed by atoms with Crippen molar-refractivity contribution in [3.63, 3.8) is 0 Å². The van der Waals surface area contributed by atoms with Crippen LogP contribution in [0.15, 0.2) is 132 Å². The van der Waals surface area contributed by atoms with Crippen LogP contribution in [0.3, 0.4) is 0 Å². The fraction of sp³-hybridized carbons (Fsp3) is 0.283. The highest BCUT2D eigenvalue weighted by Gasteiger charge is 2.52. The Balaban J connectivity index is 1.51. The highest BCUT2D eigenvalue weighted by atomic mass is 16.2. The molecule has 0 radical (unpaired) electrons. The normalized spacial score (nSPS) is 16.0. The first-order valence-electron chi connectivity index (χ1n) is 20.1. The number of hydrogen-bond donors (Lipinski definition) is 0. The van der Waals surface area contributed by atoms with Crippen molar-refractivity contribution >= 4 is 22.9 Å². The summed E-state index contributed by atoms with van der Waals surface area (Å²) in [6, 6.07) is 35.0. The van der Waals surface area contributed by atoms with Crippen LogP contribution in [0.25, 0.3) is 11.1 Å². The van der Waals surface area contributed by atoms with E-state index in [1.165, 1.54) is 72.7 Å². The summed E-state index contributed by atoms with van der Waals surface area (Å²) in [6.45, 7) is 24.6. The lowest BCUT2D eigenvalue weighted by molar-refractivity contribution is 0.0988. The van der Waals surface area contributed by atoms with E-state index in [0.29, 0.717) is 11.1 Å². The van der Waals surface area contributed by atoms with Crippen molar-refractivity contribution in [2.45, 2.75) is 98.8 Å². The standard InChI is InChI=1S/C53H53NO2/c1-12-46-45(28-32(3)27-41-49(55)37-17-13-14-18-38(37)50(41)56)53(44-19-15-16-20-47(44)54(46)48-33(4)25-31(2)26-34(48)5)42-23-21-35(51(6,7)8)29-39(42)40-30-36(52(9,10)11)22-24-43(40)53/h13-30H,12H2,1-11H3/b32-28+. The molecular weight excluding hydrogens is 683 g/mol. The van der Waals surface area contributed by atoms with Gasteiger partial charge in [-0.15, -0.1) is 0 Å². The van der Waals surface area contributed by atoms with Gasteiger partial charge in [-0.2, -0.15) is 0 Å². The molecule has 5 aromatic carbocycles. The maximum atomic E-state index is 13.7. The Kier molecular flexibility index (Phi) is 8.69. The van der Waals surface area contributed by atoms with Gasteiger partial charge in [0, 0.05) is 16.8 Å². The van der Waals surface area contributed by atoms with E-state index in [-0.39, 0.29) is 28.0 Å². The average Bonchev–Trinajstić information content (AvgIpc) is 3.56. The van der Waals surface area contributed by atoms with Crippen LogP contribution < -0.4 is 4.90 Å². The molecule has 0 saturated heterocycles. The molecule has 3 aliphatic rings. The van der Waals surface area contributed by atoms with E-state index in [1.54, 1.807) is 12.1 Å². The Labute approximate surface area is 333 Å². The number of fused-ring (bicyclic) bond motifs is 8. The number of Topliss-reactive ketones (excluding diaryl/α,β-unsaturated/α-hetero) is 2. The highest BCUT2D eigenvalue weighted by Crippen LogP contribution is 2.63.